The van der Waals surface area contributed by atoms with E-state index in [9.17, 15) is 14.4 Å². The molecule has 0 heterocycles. The van der Waals surface area contributed by atoms with Crippen LogP contribution >= 0.6 is 0 Å². The van der Waals surface area contributed by atoms with Crippen LogP contribution in [0.25, 0.3) is 0 Å². The van der Waals surface area contributed by atoms with E-state index in [1.807, 2.05) is 0 Å². The number of hydrazine groups is 1. The lowest BCUT2D eigenvalue weighted by atomic mass is 9.81. The van der Waals surface area contributed by atoms with Gasteiger partial charge >= 0.3 is 0 Å². The highest BCUT2D eigenvalue weighted by atomic mass is 19.1. The fourth-order valence-corrected chi connectivity index (χ4v) is 3.84. The average Bonchev–Trinajstić information content (AvgIpc) is 3.48. The van der Waals surface area contributed by atoms with Crippen molar-refractivity contribution in [3.63, 3.8) is 0 Å². The van der Waals surface area contributed by atoms with Gasteiger partial charge in [0, 0.05) is 5.71 Å². The predicted octanol–water partition coefficient (Wildman–Crippen LogP) is 2.76. The van der Waals surface area contributed by atoms with Gasteiger partial charge < -0.3 is 10.7 Å². The third-order valence-electron chi connectivity index (χ3n) is 5.72. The van der Waals surface area contributed by atoms with E-state index < -0.39 is 23.3 Å². The van der Waals surface area contributed by atoms with Crippen LogP contribution in [0.15, 0.2) is 24.3 Å². The molecule has 2 saturated carbocycles. The second-order valence-corrected chi connectivity index (χ2v) is 7.63. The highest BCUT2D eigenvalue weighted by Crippen LogP contribution is 2.39. The van der Waals surface area contributed by atoms with E-state index in [0.29, 0.717) is 12.8 Å². The van der Waals surface area contributed by atoms with Gasteiger partial charge in [-0.25, -0.2) is 9.40 Å². The van der Waals surface area contributed by atoms with Crippen molar-refractivity contribution in [2.24, 2.45) is 11.8 Å². The number of benzene rings is 1. The summed E-state index contributed by atoms with van der Waals surface area (Å²) < 4.78 is 14.0. The van der Waals surface area contributed by atoms with Crippen LogP contribution in [0, 0.1) is 28.5 Å². The number of halogens is 1. The summed E-state index contributed by atoms with van der Waals surface area (Å²) in [7, 11) is 0. The molecular weight excluding hydrogens is 345 g/mol. The van der Waals surface area contributed by atoms with Crippen molar-refractivity contribution in [3.05, 3.63) is 35.6 Å². The molecular formula is C20H26FN5O. The van der Waals surface area contributed by atoms with Gasteiger partial charge in [0.25, 0.3) is 5.91 Å². The number of rotatable bonds is 7. The molecule has 7 heteroatoms. The number of nitriles is 1. The molecule has 2 aliphatic rings. The minimum absolute atomic E-state index is 0.0218. The largest absolute Gasteiger partial charge is 0.344 e. The third kappa shape index (κ3) is 4.34. The molecule has 6 nitrogen and oxygen atoms in total. The van der Waals surface area contributed by atoms with E-state index in [1.54, 1.807) is 6.07 Å². The summed E-state index contributed by atoms with van der Waals surface area (Å²) in [6.07, 6.45) is 6.48. The zero-order chi connectivity index (χ0) is 19.4. The predicted molar refractivity (Wildman–Crippen MR) is 100 cm³/mol. The van der Waals surface area contributed by atoms with Gasteiger partial charge in [-0.1, -0.05) is 31.4 Å². The van der Waals surface area contributed by atoms with Crippen molar-refractivity contribution >= 4 is 11.6 Å². The zero-order valence-corrected chi connectivity index (χ0v) is 15.4. The SMILES string of the molecule is N#CC1(N(N)CC(=N)C(NC(=O)c2ccccc2F)C2CCCCC2)CC1. The summed E-state index contributed by atoms with van der Waals surface area (Å²) in [5.74, 6) is 5.09. The maximum Gasteiger partial charge on any atom is 0.254 e. The van der Waals surface area contributed by atoms with Crippen LogP contribution in [0.2, 0.25) is 0 Å². The van der Waals surface area contributed by atoms with Crippen LogP contribution in [0.4, 0.5) is 4.39 Å². The molecule has 27 heavy (non-hydrogen) atoms. The molecule has 4 N–H and O–H groups in total. The number of hydrogen-bond donors (Lipinski definition) is 3. The van der Waals surface area contributed by atoms with Crippen molar-refractivity contribution in [2.45, 2.75) is 56.5 Å². The number of nitrogens with zero attached hydrogens (tertiary/aromatic N) is 2. The molecule has 2 fully saturated rings. The Bertz CT molecular complexity index is 749. The monoisotopic (exact) mass is 371 g/mol. The minimum atomic E-state index is -0.682. The van der Waals surface area contributed by atoms with Crippen LogP contribution < -0.4 is 11.2 Å². The van der Waals surface area contributed by atoms with Crippen molar-refractivity contribution < 1.29 is 9.18 Å². The summed E-state index contributed by atoms with van der Waals surface area (Å²) in [6, 6.07) is 7.56. The van der Waals surface area contributed by atoms with Gasteiger partial charge in [-0.05, 0) is 43.7 Å². The van der Waals surface area contributed by atoms with Gasteiger partial charge in [-0.3, -0.25) is 10.6 Å². The number of amides is 1. The van der Waals surface area contributed by atoms with E-state index in [2.05, 4.69) is 11.4 Å². The lowest BCUT2D eigenvalue weighted by Gasteiger charge is -2.33. The van der Waals surface area contributed by atoms with Crippen LogP contribution in [-0.4, -0.2) is 34.8 Å². The normalized spacial score (nSPS) is 19.9. The van der Waals surface area contributed by atoms with Gasteiger partial charge in [-0.2, -0.15) is 5.26 Å². The average molecular weight is 371 g/mol. The second-order valence-electron chi connectivity index (χ2n) is 7.63. The number of carbonyl (C=O) groups is 1. The number of nitrogens with one attached hydrogen (secondary N) is 2. The Kier molecular flexibility index (Phi) is 5.88. The van der Waals surface area contributed by atoms with Gasteiger partial charge in [-0.15, -0.1) is 0 Å². The summed E-state index contributed by atoms with van der Waals surface area (Å²) in [5.41, 5.74) is -0.430. The van der Waals surface area contributed by atoms with E-state index >= 15 is 0 Å². The molecule has 1 aromatic carbocycles. The molecule has 0 radical (unpaired) electrons. The van der Waals surface area contributed by atoms with Gasteiger partial charge in [0.2, 0.25) is 0 Å². The van der Waals surface area contributed by atoms with Crippen LogP contribution in [0.5, 0.6) is 0 Å². The quantitative estimate of drug-likeness (QED) is 0.389. The maximum atomic E-state index is 14.0. The molecule has 0 spiro atoms. The Labute approximate surface area is 159 Å². The fraction of sp³-hybridized carbons (Fsp3) is 0.550. The van der Waals surface area contributed by atoms with E-state index in [0.717, 1.165) is 32.1 Å². The summed E-state index contributed by atoms with van der Waals surface area (Å²) in [5, 5.41) is 22.2. The van der Waals surface area contributed by atoms with Crippen LogP contribution in [-0.2, 0) is 0 Å². The highest BCUT2D eigenvalue weighted by Gasteiger charge is 2.48. The van der Waals surface area contributed by atoms with Gasteiger partial charge in [0.15, 0.2) is 0 Å². The second kappa shape index (κ2) is 8.15. The first kappa shape index (κ1) is 19.5. The Morgan fingerprint density at radius 3 is 2.63 bits per heavy atom. The van der Waals surface area contributed by atoms with E-state index in [4.69, 9.17) is 11.3 Å². The minimum Gasteiger partial charge on any atom is -0.344 e. The van der Waals surface area contributed by atoms with Crippen LogP contribution in [0.3, 0.4) is 0 Å². The Morgan fingerprint density at radius 1 is 1.37 bits per heavy atom. The number of nitrogens with two attached hydrogens (primary N) is 1. The Balaban J connectivity index is 1.74. The molecule has 0 saturated heterocycles. The summed E-state index contributed by atoms with van der Waals surface area (Å²) >= 11 is 0. The van der Waals surface area contributed by atoms with Crippen molar-refractivity contribution in [2.75, 3.05) is 6.54 Å². The number of carbonyl (C=O) groups excluding carboxylic acids is 1. The molecule has 1 aromatic rings. The molecule has 0 aliphatic heterocycles. The first-order valence-electron chi connectivity index (χ1n) is 9.53. The smallest absolute Gasteiger partial charge is 0.254 e. The first-order chi connectivity index (χ1) is 13.0. The van der Waals surface area contributed by atoms with Crippen LogP contribution in [0.1, 0.15) is 55.3 Å². The van der Waals surface area contributed by atoms with Crippen molar-refractivity contribution in [3.8, 4) is 6.07 Å². The Morgan fingerprint density at radius 2 is 2.04 bits per heavy atom. The summed E-state index contributed by atoms with van der Waals surface area (Å²) in [4.78, 5) is 12.6. The molecule has 1 unspecified atom stereocenters. The zero-order valence-electron chi connectivity index (χ0n) is 15.4. The Hall–Kier alpha value is -2.30. The summed E-state index contributed by atoms with van der Waals surface area (Å²) in [6.45, 7) is 0.117. The molecule has 0 bridgehead atoms. The van der Waals surface area contributed by atoms with E-state index in [-0.39, 0.29) is 23.7 Å². The first-order valence-corrected chi connectivity index (χ1v) is 9.53. The van der Waals surface area contributed by atoms with Gasteiger partial charge in [0.05, 0.1) is 24.2 Å². The standard InChI is InChI=1S/C20H26FN5O/c21-16-9-5-4-8-15(16)19(27)25-18(14-6-2-1-3-7-14)17(23)12-26(24)20(13-22)10-11-20/h4-5,8-9,14,18,23H,1-3,6-7,10-12,24H2,(H,25,27). The highest BCUT2D eigenvalue weighted by molar-refractivity contribution is 5.99. The molecule has 1 atom stereocenters. The molecule has 1 amide bonds. The molecule has 0 aromatic heterocycles. The fourth-order valence-electron chi connectivity index (χ4n) is 3.84. The van der Waals surface area contributed by atoms with Crippen molar-refractivity contribution in [1.82, 2.24) is 10.3 Å². The van der Waals surface area contributed by atoms with Crippen molar-refractivity contribution in [1.29, 1.82) is 10.7 Å². The lowest BCUT2D eigenvalue weighted by Crippen LogP contribution is -2.53. The topological polar surface area (TPSA) is 106 Å². The maximum absolute atomic E-state index is 14.0. The third-order valence-corrected chi connectivity index (χ3v) is 5.72. The van der Waals surface area contributed by atoms with Gasteiger partial charge in [0.1, 0.15) is 11.4 Å². The van der Waals surface area contributed by atoms with E-state index in [1.165, 1.54) is 23.2 Å². The molecule has 144 valence electrons. The number of hydrogen-bond acceptors (Lipinski definition) is 5. The molecule has 2 aliphatic carbocycles. The molecule has 3 rings (SSSR count). The lowest BCUT2D eigenvalue weighted by molar-refractivity contribution is 0.0925.